The Balaban J connectivity index is 1.89. The second kappa shape index (κ2) is 5.93. The number of hydrogen-bond donors (Lipinski definition) is 1. The lowest BCUT2D eigenvalue weighted by molar-refractivity contribution is 0.588. The molecule has 2 rings (SSSR count). The topological polar surface area (TPSA) is 56.7 Å². The van der Waals surface area contributed by atoms with E-state index in [-0.39, 0.29) is 6.04 Å². The SMILES string of the molecule is CCCC(N)c1cn(CCc2ccsc2)nn1. The number of thiophene rings is 1. The van der Waals surface area contributed by atoms with Crippen LogP contribution in [-0.2, 0) is 13.0 Å². The van der Waals surface area contributed by atoms with E-state index < -0.39 is 0 Å². The average Bonchev–Trinajstić information content (AvgIpc) is 2.98. The summed E-state index contributed by atoms with van der Waals surface area (Å²) in [4.78, 5) is 0. The van der Waals surface area contributed by atoms with Gasteiger partial charge in [0.15, 0.2) is 0 Å². The van der Waals surface area contributed by atoms with Gasteiger partial charge in [-0.1, -0.05) is 18.6 Å². The minimum atomic E-state index is 0.0231. The van der Waals surface area contributed by atoms with Crippen LogP contribution >= 0.6 is 11.3 Å². The van der Waals surface area contributed by atoms with Crippen LogP contribution in [0.25, 0.3) is 0 Å². The lowest BCUT2D eigenvalue weighted by Crippen LogP contribution is -2.10. The zero-order valence-electron chi connectivity index (χ0n) is 10.0. The summed E-state index contributed by atoms with van der Waals surface area (Å²) in [5.74, 6) is 0. The van der Waals surface area contributed by atoms with Crippen molar-refractivity contribution in [1.82, 2.24) is 15.0 Å². The van der Waals surface area contributed by atoms with E-state index in [1.165, 1.54) is 5.56 Å². The Morgan fingerprint density at radius 3 is 3.12 bits per heavy atom. The molecule has 0 aliphatic heterocycles. The molecule has 92 valence electrons. The summed E-state index contributed by atoms with van der Waals surface area (Å²) in [6.07, 6.45) is 4.99. The molecule has 2 aromatic heterocycles. The van der Waals surface area contributed by atoms with E-state index in [1.54, 1.807) is 11.3 Å². The molecule has 2 aromatic rings. The van der Waals surface area contributed by atoms with E-state index in [4.69, 9.17) is 5.73 Å². The number of nitrogens with two attached hydrogens (primary N) is 1. The van der Waals surface area contributed by atoms with Crippen molar-refractivity contribution in [3.8, 4) is 0 Å². The van der Waals surface area contributed by atoms with Gasteiger partial charge in [0.2, 0.25) is 0 Å². The Morgan fingerprint density at radius 1 is 1.53 bits per heavy atom. The molecule has 2 heterocycles. The highest BCUT2D eigenvalue weighted by atomic mass is 32.1. The summed E-state index contributed by atoms with van der Waals surface area (Å²) in [6.45, 7) is 2.99. The van der Waals surface area contributed by atoms with Gasteiger partial charge in [-0.25, -0.2) is 0 Å². The fourth-order valence-electron chi connectivity index (χ4n) is 1.73. The Kier molecular flexibility index (Phi) is 4.28. The molecular formula is C12H18N4S. The monoisotopic (exact) mass is 250 g/mol. The van der Waals surface area contributed by atoms with Crippen molar-refractivity contribution in [1.29, 1.82) is 0 Å². The van der Waals surface area contributed by atoms with Crippen LogP contribution in [0.4, 0.5) is 0 Å². The van der Waals surface area contributed by atoms with Crippen LogP contribution in [0.1, 0.15) is 37.1 Å². The van der Waals surface area contributed by atoms with Gasteiger partial charge in [0.05, 0.1) is 17.9 Å². The molecule has 0 aromatic carbocycles. The second-order valence-corrected chi connectivity index (χ2v) is 4.96. The standard InChI is InChI=1S/C12H18N4S/c1-2-3-11(13)12-8-16(15-14-12)6-4-10-5-7-17-9-10/h5,7-9,11H,2-4,6,13H2,1H3. The summed E-state index contributed by atoms with van der Waals surface area (Å²) in [7, 11) is 0. The summed E-state index contributed by atoms with van der Waals surface area (Å²) in [6, 6.07) is 2.17. The summed E-state index contributed by atoms with van der Waals surface area (Å²) >= 11 is 1.73. The van der Waals surface area contributed by atoms with E-state index in [0.717, 1.165) is 31.5 Å². The van der Waals surface area contributed by atoms with E-state index in [1.807, 2.05) is 10.9 Å². The second-order valence-electron chi connectivity index (χ2n) is 4.18. The maximum absolute atomic E-state index is 6.00. The van der Waals surface area contributed by atoms with Crippen LogP contribution in [0, 0.1) is 0 Å². The van der Waals surface area contributed by atoms with Crippen LogP contribution in [0.15, 0.2) is 23.0 Å². The number of aromatic nitrogens is 3. The van der Waals surface area contributed by atoms with E-state index in [0.29, 0.717) is 0 Å². The zero-order valence-corrected chi connectivity index (χ0v) is 10.9. The molecule has 5 heteroatoms. The Hall–Kier alpha value is -1.20. The van der Waals surface area contributed by atoms with Crippen molar-refractivity contribution < 1.29 is 0 Å². The van der Waals surface area contributed by atoms with Gasteiger partial charge in [0.1, 0.15) is 0 Å². The fourth-order valence-corrected chi connectivity index (χ4v) is 2.43. The molecule has 0 aliphatic carbocycles. The van der Waals surface area contributed by atoms with Crippen LogP contribution < -0.4 is 5.73 Å². The molecule has 0 fully saturated rings. The Labute approximate surface area is 105 Å². The zero-order chi connectivity index (χ0) is 12.1. The van der Waals surface area contributed by atoms with Crippen LogP contribution in [0.5, 0.6) is 0 Å². The summed E-state index contributed by atoms with van der Waals surface area (Å²) in [5.41, 5.74) is 8.25. The van der Waals surface area contributed by atoms with E-state index in [9.17, 15) is 0 Å². The molecule has 1 unspecified atom stereocenters. The molecule has 0 aliphatic rings. The van der Waals surface area contributed by atoms with Crippen molar-refractivity contribution in [2.75, 3.05) is 0 Å². The third-order valence-electron chi connectivity index (χ3n) is 2.75. The minimum absolute atomic E-state index is 0.0231. The molecule has 0 saturated heterocycles. The maximum Gasteiger partial charge on any atom is 0.0994 e. The lowest BCUT2D eigenvalue weighted by atomic mass is 10.1. The fraction of sp³-hybridized carbons (Fsp3) is 0.500. The van der Waals surface area contributed by atoms with Gasteiger partial charge in [-0.05, 0) is 35.2 Å². The highest BCUT2D eigenvalue weighted by molar-refractivity contribution is 7.07. The van der Waals surface area contributed by atoms with Gasteiger partial charge in [0.25, 0.3) is 0 Å². The Morgan fingerprint density at radius 2 is 2.41 bits per heavy atom. The molecule has 2 N–H and O–H groups in total. The number of nitrogens with zero attached hydrogens (tertiary/aromatic N) is 3. The van der Waals surface area contributed by atoms with Crippen molar-refractivity contribution in [2.24, 2.45) is 5.73 Å². The smallest absolute Gasteiger partial charge is 0.0994 e. The normalized spacial score (nSPS) is 12.8. The molecular weight excluding hydrogens is 232 g/mol. The third kappa shape index (κ3) is 3.38. The van der Waals surface area contributed by atoms with Gasteiger partial charge >= 0.3 is 0 Å². The minimum Gasteiger partial charge on any atom is -0.323 e. The molecule has 4 nitrogen and oxygen atoms in total. The van der Waals surface area contributed by atoms with E-state index in [2.05, 4.69) is 34.1 Å². The van der Waals surface area contributed by atoms with Gasteiger partial charge in [-0.2, -0.15) is 11.3 Å². The van der Waals surface area contributed by atoms with Crippen LogP contribution in [0.2, 0.25) is 0 Å². The maximum atomic E-state index is 6.00. The van der Waals surface area contributed by atoms with Crippen LogP contribution in [-0.4, -0.2) is 15.0 Å². The first-order chi connectivity index (χ1) is 8.29. The van der Waals surface area contributed by atoms with Crippen molar-refractivity contribution in [2.45, 2.75) is 38.8 Å². The lowest BCUT2D eigenvalue weighted by Gasteiger charge is -2.04. The predicted molar refractivity (Wildman–Crippen MR) is 69.9 cm³/mol. The molecule has 0 amide bonds. The summed E-state index contributed by atoms with van der Waals surface area (Å²) in [5, 5.41) is 12.5. The van der Waals surface area contributed by atoms with Gasteiger partial charge in [-0.3, -0.25) is 4.68 Å². The number of rotatable bonds is 6. The largest absolute Gasteiger partial charge is 0.323 e. The molecule has 0 radical (unpaired) electrons. The molecule has 0 bridgehead atoms. The number of hydrogen-bond acceptors (Lipinski definition) is 4. The molecule has 0 spiro atoms. The predicted octanol–water partition coefficient (Wildman–Crippen LogP) is 2.38. The first-order valence-electron chi connectivity index (χ1n) is 5.96. The highest BCUT2D eigenvalue weighted by Crippen LogP contribution is 2.12. The van der Waals surface area contributed by atoms with Crippen molar-refractivity contribution in [3.05, 3.63) is 34.3 Å². The van der Waals surface area contributed by atoms with Crippen molar-refractivity contribution >= 4 is 11.3 Å². The molecule has 0 saturated carbocycles. The first-order valence-corrected chi connectivity index (χ1v) is 6.90. The van der Waals surface area contributed by atoms with Gasteiger partial charge in [-0.15, -0.1) is 5.10 Å². The Bertz CT molecular complexity index is 435. The molecule has 17 heavy (non-hydrogen) atoms. The van der Waals surface area contributed by atoms with E-state index >= 15 is 0 Å². The number of aryl methyl sites for hydroxylation is 2. The first kappa shape index (κ1) is 12.3. The third-order valence-corrected chi connectivity index (χ3v) is 3.48. The average molecular weight is 250 g/mol. The highest BCUT2D eigenvalue weighted by Gasteiger charge is 2.09. The van der Waals surface area contributed by atoms with Gasteiger partial charge < -0.3 is 5.73 Å². The quantitative estimate of drug-likeness (QED) is 0.856. The molecule has 1 atom stereocenters. The van der Waals surface area contributed by atoms with Crippen LogP contribution in [0.3, 0.4) is 0 Å². The van der Waals surface area contributed by atoms with Gasteiger partial charge in [0, 0.05) is 6.54 Å². The van der Waals surface area contributed by atoms with Crippen molar-refractivity contribution in [3.63, 3.8) is 0 Å². The summed E-state index contributed by atoms with van der Waals surface area (Å²) < 4.78 is 1.88.